The van der Waals surface area contributed by atoms with Gasteiger partial charge in [0.25, 0.3) is 5.91 Å². The molecular formula is C21H26N2O4. The summed E-state index contributed by atoms with van der Waals surface area (Å²) in [6, 6.07) is 14.4. The quantitative estimate of drug-likeness (QED) is 0.698. The second-order valence-electron chi connectivity index (χ2n) is 5.99. The Morgan fingerprint density at radius 3 is 2.37 bits per heavy atom. The highest BCUT2D eigenvalue weighted by atomic mass is 16.5. The summed E-state index contributed by atoms with van der Waals surface area (Å²) < 4.78 is 10.7. The summed E-state index contributed by atoms with van der Waals surface area (Å²) in [6.45, 7) is 4.39. The first kappa shape index (κ1) is 20.3. The van der Waals surface area contributed by atoms with Crippen molar-refractivity contribution in [2.45, 2.75) is 32.6 Å². The average molecular weight is 370 g/mol. The van der Waals surface area contributed by atoms with E-state index < -0.39 is 5.91 Å². The lowest BCUT2D eigenvalue weighted by Gasteiger charge is -2.17. The largest absolute Gasteiger partial charge is 0.493 e. The van der Waals surface area contributed by atoms with Crippen molar-refractivity contribution in [3.63, 3.8) is 0 Å². The molecule has 2 rings (SSSR count). The van der Waals surface area contributed by atoms with Crippen molar-refractivity contribution in [1.82, 2.24) is 10.9 Å². The number of nitrogens with one attached hydrogen (secondary N) is 2. The zero-order valence-corrected chi connectivity index (χ0v) is 16.0. The van der Waals surface area contributed by atoms with Crippen LogP contribution in [0.2, 0.25) is 0 Å². The molecule has 0 aliphatic rings. The lowest BCUT2D eigenvalue weighted by molar-refractivity contribution is -0.123. The number of methoxy groups -OCH3 is 1. The van der Waals surface area contributed by atoms with Crippen LogP contribution in [-0.4, -0.2) is 25.5 Å². The number of hydrogen-bond acceptors (Lipinski definition) is 4. The van der Waals surface area contributed by atoms with Gasteiger partial charge in [-0.15, -0.1) is 0 Å². The van der Waals surface area contributed by atoms with E-state index in [2.05, 4.69) is 10.9 Å². The van der Waals surface area contributed by atoms with Gasteiger partial charge < -0.3 is 9.47 Å². The van der Waals surface area contributed by atoms with Crippen LogP contribution in [0.5, 0.6) is 11.5 Å². The number of rotatable bonds is 8. The lowest BCUT2D eigenvalue weighted by atomic mass is 9.94. The standard InChI is InChI=1S/C21H26N2O4/c1-4-9-17(15-10-7-6-8-11-15)21(25)23-22-20(24)16-12-13-18(27-5-2)19(14-16)26-3/h6-8,10-14,17H,4-5,9H2,1-3H3,(H,22,24)(H,23,25). The van der Waals surface area contributed by atoms with Crippen molar-refractivity contribution >= 4 is 11.8 Å². The number of hydrazine groups is 1. The molecule has 1 atom stereocenters. The first-order valence-electron chi connectivity index (χ1n) is 9.06. The van der Waals surface area contributed by atoms with Crippen molar-refractivity contribution in [2.75, 3.05) is 13.7 Å². The fourth-order valence-electron chi connectivity index (χ4n) is 2.78. The number of carbonyl (C=O) groups excluding carboxylic acids is 2. The van der Waals surface area contributed by atoms with Gasteiger partial charge in [0.2, 0.25) is 5.91 Å². The third kappa shape index (κ3) is 5.48. The van der Waals surface area contributed by atoms with E-state index in [1.54, 1.807) is 18.2 Å². The summed E-state index contributed by atoms with van der Waals surface area (Å²) in [5.41, 5.74) is 6.29. The van der Waals surface area contributed by atoms with Crippen LogP contribution in [0.3, 0.4) is 0 Å². The van der Waals surface area contributed by atoms with Gasteiger partial charge in [-0.25, -0.2) is 0 Å². The molecule has 0 bridgehead atoms. The Morgan fingerprint density at radius 1 is 1.00 bits per heavy atom. The van der Waals surface area contributed by atoms with Crippen molar-refractivity contribution in [1.29, 1.82) is 0 Å². The molecule has 6 nitrogen and oxygen atoms in total. The molecule has 27 heavy (non-hydrogen) atoms. The summed E-state index contributed by atoms with van der Waals surface area (Å²) in [6.07, 6.45) is 1.56. The minimum atomic E-state index is -0.423. The smallest absolute Gasteiger partial charge is 0.269 e. The van der Waals surface area contributed by atoms with Crippen LogP contribution in [0.25, 0.3) is 0 Å². The van der Waals surface area contributed by atoms with Gasteiger partial charge in [0.1, 0.15) is 0 Å². The fourth-order valence-corrected chi connectivity index (χ4v) is 2.78. The van der Waals surface area contributed by atoms with Gasteiger partial charge in [0.05, 0.1) is 19.6 Å². The molecule has 0 heterocycles. The molecule has 0 aliphatic carbocycles. The van der Waals surface area contributed by atoms with E-state index >= 15 is 0 Å². The summed E-state index contributed by atoms with van der Waals surface area (Å²) in [5.74, 6) is 0.0466. The first-order valence-corrected chi connectivity index (χ1v) is 9.06. The van der Waals surface area contributed by atoms with Gasteiger partial charge in [-0.3, -0.25) is 20.4 Å². The molecule has 2 aromatic carbocycles. The molecule has 2 N–H and O–H groups in total. The Bertz CT molecular complexity index is 762. The van der Waals surface area contributed by atoms with Crippen LogP contribution in [0.4, 0.5) is 0 Å². The summed E-state index contributed by atoms with van der Waals surface area (Å²) in [7, 11) is 1.51. The Balaban J connectivity index is 2.04. The maximum absolute atomic E-state index is 12.6. The van der Waals surface area contributed by atoms with E-state index in [1.807, 2.05) is 44.2 Å². The Hall–Kier alpha value is -3.02. The molecule has 2 aromatic rings. The summed E-state index contributed by atoms with van der Waals surface area (Å²) in [4.78, 5) is 24.9. The highest BCUT2D eigenvalue weighted by molar-refractivity contribution is 5.96. The Kier molecular flexibility index (Phi) is 7.67. The van der Waals surface area contributed by atoms with Gasteiger partial charge in [-0.1, -0.05) is 43.7 Å². The minimum Gasteiger partial charge on any atom is -0.493 e. The SMILES string of the molecule is CCCC(C(=O)NNC(=O)c1ccc(OCC)c(OC)c1)c1ccccc1. The van der Waals surface area contributed by atoms with Crippen LogP contribution < -0.4 is 20.3 Å². The molecule has 0 aromatic heterocycles. The normalized spacial score (nSPS) is 11.4. The zero-order chi connectivity index (χ0) is 19.6. The van der Waals surface area contributed by atoms with Gasteiger partial charge in [0.15, 0.2) is 11.5 Å². The number of ether oxygens (including phenoxy) is 2. The summed E-state index contributed by atoms with van der Waals surface area (Å²) >= 11 is 0. The molecular weight excluding hydrogens is 344 g/mol. The first-order chi connectivity index (χ1) is 13.1. The van der Waals surface area contributed by atoms with Crippen molar-refractivity contribution in [3.05, 3.63) is 59.7 Å². The minimum absolute atomic E-state index is 0.241. The zero-order valence-electron chi connectivity index (χ0n) is 16.0. The number of hydrogen-bond donors (Lipinski definition) is 2. The Labute approximate surface area is 159 Å². The maximum Gasteiger partial charge on any atom is 0.269 e. The molecule has 0 fully saturated rings. The molecule has 0 saturated carbocycles. The maximum atomic E-state index is 12.6. The fraction of sp³-hybridized carbons (Fsp3) is 0.333. The van der Waals surface area contributed by atoms with E-state index in [9.17, 15) is 9.59 Å². The molecule has 0 aliphatic heterocycles. The predicted molar refractivity (Wildman–Crippen MR) is 104 cm³/mol. The van der Waals surface area contributed by atoms with E-state index in [-0.39, 0.29) is 11.8 Å². The van der Waals surface area contributed by atoms with Gasteiger partial charge in [-0.05, 0) is 37.1 Å². The van der Waals surface area contributed by atoms with Gasteiger partial charge >= 0.3 is 0 Å². The number of carbonyl (C=O) groups is 2. The Morgan fingerprint density at radius 2 is 1.74 bits per heavy atom. The average Bonchev–Trinajstić information content (AvgIpc) is 2.71. The van der Waals surface area contributed by atoms with Crippen LogP contribution in [0.1, 0.15) is 48.5 Å². The third-order valence-electron chi connectivity index (χ3n) is 4.12. The second-order valence-corrected chi connectivity index (χ2v) is 5.99. The van der Waals surface area contributed by atoms with Crippen molar-refractivity contribution in [2.24, 2.45) is 0 Å². The monoisotopic (exact) mass is 370 g/mol. The van der Waals surface area contributed by atoms with Crippen LogP contribution in [0, 0.1) is 0 Å². The second kappa shape index (κ2) is 10.2. The number of amides is 2. The molecule has 1 unspecified atom stereocenters. The van der Waals surface area contributed by atoms with E-state index in [0.29, 0.717) is 30.1 Å². The van der Waals surface area contributed by atoms with Crippen molar-refractivity contribution in [3.8, 4) is 11.5 Å². The van der Waals surface area contributed by atoms with Gasteiger partial charge in [-0.2, -0.15) is 0 Å². The number of benzene rings is 2. The van der Waals surface area contributed by atoms with Crippen LogP contribution in [-0.2, 0) is 4.79 Å². The molecule has 144 valence electrons. The predicted octanol–water partition coefficient (Wildman–Crippen LogP) is 3.44. The lowest BCUT2D eigenvalue weighted by Crippen LogP contribution is -2.44. The van der Waals surface area contributed by atoms with Gasteiger partial charge in [0, 0.05) is 5.56 Å². The molecule has 0 spiro atoms. The van der Waals surface area contributed by atoms with E-state index in [0.717, 1.165) is 12.0 Å². The highest BCUT2D eigenvalue weighted by Crippen LogP contribution is 2.28. The van der Waals surface area contributed by atoms with Crippen LogP contribution in [0.15, 0.2) is 48.5 Å². The highest BCUT2D eigenvalue weighted by Gasteiger charge is 2.20. The van der Waals surface area contributed by atoms with E-state index in [4.69, 9.17) is 9.47 Å². The van der Waals surface area contributed by atoms with Crippen molar-refractivity contribution < 1.29 is 19.1 Å². The third-order valence-corrected chi connectivity index (χ3v) is 4.12. The molecule has 6 heteroatoms. The molecule has 0 radical (unpaired) electrons. The van der Waals surface area contributed by atoms with Crippen LogP contribution >= 0.6 is 0 Å². The topological polar surface area (TPSA) is 76.7 Å². The molecule has 0 saturated heterocycles. The van der Waals surface area contributed by atoms with E-state index in [1.165, 1.54) is 7.11 Å². The molecule has 2 amide bonds. The summed E-state index contributed by atoms with van der Waals surface area (Å²) in [5, 5.41) is 0.